The highest BCUT2D eigenvalue weighted by Crippen LogP contribution is 2.29. The molecule has 0 N–H and O–H groups in total. The van der Waals surface area contributed by atoms with Crippen molar-refractivity contribution in [3.8, 4) is 0 Å². The second-order valence-electron chi connectivity index (χ2n) is 2.68. The molecule has 8 nitrogen and oxygen atoms in total. The molecule has 0 amide bonds. The van der Waals surface area contributed by atoms with Gasteiger partial charge in [-0.25, -0.2) is 4.98 Å². The van der Waals surface area contributed by atoms with Gasteiger partial charge in [-0.3, -0.25) is 20.2 Å². The first-order valence-corrected chi connectivity index (χ1v) is 3.75. The Hall–Kier alpha value is -2.51. The predicted molar refractivity (Wildman–Crippen MR) is 47.3 cm³/mol. The van der Waals surface area contributed by atoms with Crippen molar-refractivity contribution >= 4 is 22.5 Å². The Balaban J connectivity index is 2.80. The second-order valence-corrected chi connectivity index (χ2v) is 2.68. The lowest BCUT2D eigenvalue weighted by atomic mass is 10.2. The first kappa shape index (κ1) is 9.06. The summed E-state index contributed by atoms with van der Waals surface area (Å²) >= 11 is 0. The van der Waals surface area contributed by atoms with Crippen LogP contribution in [-0.2, 0) is 0 Å². The van der Waals surface area contributed by atoms with Gasteiger partial charge in [0.1, 0.15) is 5.52 Å². The smallest absolute Gasteiger partial charge is 0.320 e. The van der Waals surface area contributed by atoms with Crippen LogP contribution in [0.2, 0.25) is 0 Å². The third kappa shape index (κ3) is 1.37. The molecule has 0 aliphatic heterocycles. The third-order valence-electron chi connectivity index (χ3n) is 1.80. The summed E-state index contributed by atoms with van der Waals surface area (Å²) in [7, 11) is 0. The summed E-state index contributed by atoms with van der Waals surface area (Å²) in [5.41, 5.74) is -0.818. The summed E-state index contributed by atoms with van der Waals surface area (Å²) in [4.78, 5) is 23.2. The molecule has 15 heavy (non-hydrogen) atoms. The predicted octanol–water partition coefficient (Wildman–Crippen LogP) is 1.64. The van der Waals surface area contributed by atoms with Crippen molar-refractivity contribution in [2.24, 2.45) is 0 Å². The van der Waals surface area contributed by atoms with Crippen LogP contribution < -0.4 is 0 Å². The number of hydrogen-bond acceptors (Lipinski definition) is 6. The van der Waals surface area contributed by atoms with Crippen LogP contribution in [-0.4, -0.2) is 14.8 Å². The van der Waals surface area contributed by atoms with Crippen LogP contribution in [0.15, 0.2) is 22.9 Å². The van der Waals surface area contributed by atoms with Gasteiger partial charge in [0.15, 0.2) is 6.39 Å². The Kier molecular flexibility index (Phi) is 1.82. The van der Waals surface area contributed by atoms with E-state index in [-0.39, 0.29) is 16.8 Å². The molecule has 0 saturated carbocycles. The molecular formula is C7H3N3O5. The highest BCUT2D eigenvalue weighted by molar-refractivity contribution is 5.84. The number of fused-ring (bicyclic) bond motifs is 1. The highest BCUT2D eigenvalue weighted by Gasteiger charge is 2.22. The second kappa shape index (κ2) is 3.01. The molecule has 2 aromatic rings. The first-order valence-electron chi connectivity index (χ1n) is 3.75. The van der Waals surface area contributed by atoms with E-state index in [0.29, 0.717) is 0 Å². The van der Waals surface area contributed by atoms with Crippen LogP contribution in [0.1, 0.15) is 0 Å². The maximum atomic E-state index is 10.6. The van der Waals surface area contributed by atoms with E-state index in [2.05, 4.69) is 4.98 Å². The molecule has 0 aliphatic carbocycles. The van der Waals surface area contributed by atoms with E-state index in [1.807, 2.05) is 0 Å². The average molecular weight is 209 g/mol. The number of hydrogen-bond donors (Lipinski definition) is 0. The van der Waals surface area contributed by atoms with Crippen molar-refractivity contribution in [2.75, 3.05) is 0 Å². The SMILES string of the molecule is O=[N+]([O-])c1cc([N+](=O)[O-])c2ocnc2c1. The molecule has 2 rings (SSSR count). The minimum Gasteiger partial charge on any atom is -0.436 e. The van der Waals surface area contributed by atoms with E-state index in [1.165, 1.54) is 0 Å². The lowest BCUT2D eigenvalue weighted by Gasteiger charge is -1.93. The highest BCUT2D eigenvalue weighted by atomic mass is 16.6. The number of rotatable bonds is 2. The summed E-state index contributed by atoms with van der Waals surface area (Å²) in [6.07, 6.45) is 1.00. The van der Waals surface area contributed by atoms with E-state index in [4.69, 9.17) is 4.42 Å². The van der Waals surface area contributed by atoms with Crippen molar-refractivity contribution in [3.05, 3.63) is 38.8 Å². The average Bonchev–Trinajstić information content (AvgIpc) is 2.62. The van der Waals surface area contributed by atoms with Gasteiger partial charge in [0.25, 0.3) is 5.69 Å². The zero-order chi connectivity index (χ0) is 11.0. The topological polar surface area (TPSA) is 112 Å². The number of aromatic nitrogens is 1. The van der Waals surface area contributed by atoms with E-state index in [1.54, 1.807) is 0 Å². The monoisotopic (exact) mass is 209 g/mol. The minimum absolute atomic E-state index is 0.0643. The maximum absolute atomic E-state index is 10.6. The van der Waals surface area contributed by atoms with Crippen LogP contribution in [0.4, 0.5) is 11.4 Å². The van der Waals surface area contributed by atoms with Crippen LogP contribution in [0.25, 0.3) is 11.1 Å². The Labute approximate surface area is 81.4 Å². The van der Waals surface area contributed by atoms with Crippen molar-refractivity contribution in [2.45, 2.75) is 0 Å². The van der Waals surface area contributed by atoms with Gasteiger partial charge in [-0.1, -0.05) is 0 Å². The van der Waals surface area contributed by atoms with Crippen LogP contribution in [0.5, 0.6) is 0 Å². The molecule has 8 heteroatoms. The maximum Gasteiger partial charge on any atom is 0.320 e. The fourth-order valence-corrected chi connectivity index (χ4v) is 1.18. The molecular weight excluding hydrogens is 206 g/mol. The molecule has 0 spiro atoms. The van der Waals surface area contributed by atoms with Crippen LogP contribution >= 0.6 is 0 Å². The standard InChI is InChI=1S/C7H3N3O5/c11-9(12)4-1-5-7(15-3-8-5)6(2-4)10(13)14/h1-3H. The lowest BCUT2D eigenvalue weighted by Crippen LogP contribution is -1.93. The van der Waals surface area contributed by atoms with E-state index in [0.717, 1.165) is 18.5 Å². The molecule has 76 valence electrons. The summed E-state index contributed by atoms with van der Waals surface area (Å²) in [6, 6.07) is 1.96. The van der Waals surface area contributed by atoms with Gasteiger partial charge in [0.2, 0.25) is 5.58 Å². The van der Waals surface area contributed by atoms with Gasteiger partial charge in [0.05, 0.1) is 15.9 Å². The van der Waals surface area contributed by atoms with Gasteiger partial charge in [0, 0.05) is 6.07 Å². The zero-order valence-corrected chi connectivity index (χ0v) is 7.11. The Bertz CT molecular complexity index is 561. The fraction of sp³-hybridized carbons (Fsp3) is 0. The molecule has 1 aromatic heterocycles. The molecule has 0 aliphatic rings. The number of non-ortho nitro benzene ring substituents is 2. The molecule has 0 atom stereocenters. The molecule has 0 fully saturated rings. The molecule has 0 unspecified atom stereocenters. The summed E-state index contributed by atoms with van der Waals surface area (Å²) in [6.45, 7) is 0. The summed E-state index contributed by atoms with van der Waals surface area (Å²) in [5.74, 6) is 0. The van der Waals surface area contributed by atoms with E-state index in [9.17, 15) is 20.2 Å². The molecule has 0 radical (unpaired) electrons. The number of oxazole rings is 1. The molecule has 1 heterocycles. The van der Waals surface area contributed by atoms with E-state index >= 15 is 0 Å². The van der Waals surface area contributed by atoms with Gasteiger partial charge in [-0.15, -0.1) is 0 Å². The Morgan fingerprint density at radius 2 is 1.93 bits per heavy atom. The van der Waals surface area contributed by atoms with Gasteiger partial charge < -0.3 is 4.42 Å². The van der Waals surface area contributed by atoms with Crippen molar-refractivity contribution in [1.29, 1.82) is 0 Å². The van der Waals surface area contributed by atoms with Crippen molar-refractivity contribution in [1.82, 2.24) is 4.98 Å². The zero-order valence-electron chi connectivity index (χ0n) is 7.11. The fourth-order valence-electron chi connectivity index (χ4n) is 1.18. The Morgan fingerprint density at radius 1 is 1.20 bits per heavy atom. The third-order valence-corrected chi connectivity index (χ3v) is 1.80. The first-order chi connectivity index (χ1) is 7.09. The molecule has 1 aromatic carbocycles. The largest absolute Gasteiger partial charge is 0.436 e. The quantitative estimate of drug-likeness (QED) is 0.548. The molecule has 0 bridgehead atoms. The van der Waals surface area contributed by atoms with Crippen LogP contribution in [0, 0.1) is 20.2 Å². The number of nitro groups is 2. The lowest BCUT2D eigenvalue weighted by molar-refractivity contribution is -0.393. The van der Waals surface area contributed by atoms with Gasteiger partial charge in [-0.2, -0.15) is 0 Å². The normalized spacial score (nSPS) is 10.4. The summed E-state index contributed by atoms with van der Waals surface area (Å²) < 4.78 is 4.77. The van der Waals surface area contributed by atoms with Crippen LogP contribution in [0.3, 0.4) is 0 Å². The number of nitrogens with zero attached hydrogens (tertiary/aromatic N) is 3. The van der Waals surface area contributed by atoms with E-state index < -0.39 is 15.5 Å². The molecule has 0 saturated heterocycles. The van der Waals surface area contributed by atoms with Crippen molar-refractivity contribution < 1.29 is 14.3 Å². The van der Waals surface area contributed by atoms with Crippen molar-refractivity contribution in [3.63, 3.8) is 0 Å². The summed E-state index contributed by atoms with van der Waals surface area (Å²) in [5, 5.41) is 21.0. The van der Waals surface area contributed by atoms with Gasteiger partial charge in [-0.05, 0) is 0 Å². The number of nitro benzene ring substituents is 2. The van der Waals surface area contributed by atoms with Gasteiger partial charge >= 0.3 is 5.69 Å². The minimum atomic E-state index is -0.749. The Morgan fingerprint density at radius 3 is 2.53 bits per heavy atom. The number of benzene rings is 1.